The quantitative estimate of drug-likeness (QED) is 0.871. The van der Waals surface area contributed by atoms with Gasteiger partial charge in [0.25, 0.3) is 0 Å². The number of carbonyl (C=O) groups is 2. The van der Waals surface area contributed by atoms with E-state index in [-0.39, 0.29) is 17.4 Å². The first-order chi connectivity index (χ1) is 9.82. The van der Waals surface area contributed by atoms with Crippen LogP contribution in [-0.4, -0.2) is 12.2 Å². The molecule has 0 aromatic heterocycles. The van der Waals surface area contributed by atoms with Gasteiger partial charge in [0.15, 0.2) is 0 Å². The maximum absolute atomic E-state index is 12.7. The second-order valence-electron chi connectivity index (χ2n) is 5.41. The number of alkyl halides is 3. The maximum Gasteiger partial charge on any atom is 0.416 e. The van der Waals surface area contributed by atoms with E-state index < -0.39 is 17.6 Å². The lowest BCUT2D eigenvalue weighted by Crippen LogP contribution is -2.20. The number of benzene rings is 1. The van der Waals surface area contributed by atoms with Crippen molar-refractivity contribution in [3.8, 4) is 0 Å². The molecule has 1 aromatic rings. The lowest BCUT2D eigenvalue weighted by Gasteiger charge is -2.27. The molecule has 21 heavy (non-hydrogen) atoms. The Labute approximate surface area is 120 Å². The van der Waals surface area contributed by atoms with Gasteiger partial charge in [0.05, 0.1) is 5.56 Å². The minimum Gasteiger partial charge on any atom is -0.366 e. The molecular formula is C15H16F3NO2. The van der Waals surface area contributed by atoms with Gasteiger partial charge in [-0.2, -0.15) is 13.2 Å². The number of carbonyl (C=O) groups excluding carboxylic acids is 2. The molecule has 1 amide bonds. The van der Waals surface area contributed by atoms with E-state index in [1.807, 2.05) is 0 Å². The summed E-state index contributed by atoms with van der Waals surface area (Å²) in [6, 6.07) is 3.14. The predicted octanol–water partition coefficient (Wildman–Crippen LogP) is 3.28. The van der Waals surface area contributed by atoms with Crippen molar-refractivity contribution in [1.29, 1.82) is 0 Å². The van der Waals surface area contributed by atoms with Crippen LogP contribution in [0.15, 0.2) is 18.2 Å². The van der Waals surface area contributed by atoms with Gasteiger partial charge in [-0.05, 0) is 49.3 Å². The fraction of sp³-hybridized carbons (Fsp3) is 0.467. The zero-order valence-electron chi connectivity index (χ0n) is 11.3. The van der Waals surface area contributed by atoms with Crippen LogP contribution in [-0.2, 0) is 11.0 Å². The molecule has 2 rings (SSSR count). The van der Waals surface area contributed by atoms with Crippen molar-refractivity contribution in [2.45, 2.75) is 37.8 Å². The van der Waals surface area contributed by atoms with Gasteiger partial charge >= 0.3 is 6.18 Å². The zero-order chi connectivity index (χ0) is 15.6. The Hall–Kier alpha value is -1.85. The summed E-state index contributed by atoms with van der Waals surface area (Å²) in [5.74, 6) is -0.868. The average molecular weight is 299 g/mol. The first-order valence-electron chi connectivity index (χ1n) is 6.79. The van der Waals surface area contributed by atoms with Crippen LogP contribution in [0.1, 0.15) is 53.1 Å². The SMILES string of the molecule is NC(=O)c1cc(C(F)(F)F)ccc1C1CCC(C=O)CC1. The summed E-state index contributed by atoms with van der Waals surface area (Å²) in [6.45, 7) is 0. The van der Waals surface area contributed by atoms with Crippen LogP contribution in [0.5, 0.6) is 0 Å². The molecule has 2 N–H and O–H groups in total. The second-order valence-corrected chi connectivity index (χ2v) is 5.41. The zero-order valence-corrected chi connectivity index (χ0v) is 11.3. The van der Waals surface area contributed by atoms with E-state index in [0.717, 1.165) is 18.4 Å². The lowest BCUT2D eigenvalue weighted by molar-refractivity contribution is -0.137. The van der Waals surface area contributed by atoms with Gasteiger partial charge in [0, 0.05) is 11.5 Å². The Kier molecular flexibility index (Phi) is 4.34. The molecule has 0 aliphatic heterocycles. The molecule has 0 radical (unpaired) electrons. The number of aldehydes is 1. The van der Waals surface area contributed by atoms with Crippen molar-refractivity contribution in [3.63, 3.8) is 0 Å². The molecular weight excluding hydrogens is 283 g/mol. The first-order valence-corrected chi connectivity index (χ1v) is 6.79. The van der Waals surface area contributed by atoms with Crippen molar-refractivity contribution in [2.75, 3.05) is 0 Å². The molecule has 1 fully saturated rings. The molecule has 1 aromatic carbocycles. The Balaban J connectivity index is 2.31. The molecule has 1 aliphatic rings. The number of rotatable bonds is 3. The normalized spacial score (nSPS) is 22.8. The van der Waals surface area contributed by atoms with E-state index >= 15 is 0 Å². The molecule has 0 bridgehead atoms. The Morgan fingerprint density at radius 2 is 1.81 bits per heavy atom. The van der Waals surface area contributed by atoms with Crippen molar-refractivity contribution in [3.05, 3.63) is 34.9 Å². The van der Waals surface area contributed by atoms with Crippen molar-refractivity contribution >= 4 is 12.2 Å². The van der Waals surface area contributed by atoms with Crippen LogP contribution in [0.2, 0.25) is 0 Å². The van der Waals surface area contributed by atoms with E-state index in [0.29, 0.717) is 31.2 Å². The van der Waals surface area contributed by atoms with Crippen molar-refractivity contribution in [1.82, 2.24) is 0 Å². The summed E-state index contributed by atoms with van der Waals surface area (Å²) < 4.78 is 38.1. The van der Waals surface area contributed by atoms with Crippen LogP contribution >= 0.6 is 0 Å². The van der Waals surface area contributed by atoms with Crippen molar-refractivity contribution < 1.29 is 22.8 Å². The third kappa shape index (κ3) is 3.43. The number of hydrogen-bond acceptors (Lipinski definition) is 2. The highest BCUT2D eigenvalue weighted by Gasteiger charge is 2.33. The molecule has 1 saturated carbocycles. The molecule has 114 valence electrons. The summed E-state index contributed by atoms with van der Waals surface area (Å²) in [7, 11) is 0. The molecule has 0 unspecified atom stereocenters. The molecule has 0 saturated heterocycles. The Morgan fingerprint density at radius 3 is 2.29 bits per heavy atom. The van der Waals surface area contributed by atoms with Crippen LogP contribution in [0, 0.1) is 5.92 Å². The number of nitrogens with two attached hydrogens (primary N) is 1. The third-order valence-electron chi connectivity index (χ3n) is 4.05. The summed E-state index contributed by atoms with van der Waals surface area (Å²) >= 11 is 0. The van der Waals surface area contributed by atoms with Crippen molar-refractivity contribution in [2.24, 2.45) is 11.7 Å². The minimum absolute atomic E-state index is 0.00715. The van der Waals surface area contributed by atoms with Crippen LogP contribution in [0.3, 0.4) is 0 Å². The topological polar surface area (TPSA) is 60.2 Å². The van der Waals surface area contributed by atoms with Crippen LogP contribution < -0.4 is 5.73 Å². The second kappa shape index (κ2) is 5.87. The highest BCUT2D eigenvalue weighted by Crippen LogP contribution is 2.38. The van der Waals surface area contributed by atoms with Gasteiger partial charge < -0.3 is 10.5 Å². The summed E-state index contributed by atoms with van der Waals surface area (Å²) in [5.41, 5.74) is 4.84. The van der Waals surface area contributed by atoms with E-state index in [1.54, 1.807) is 0 Å². The van der Waals surface area contributed by atoms with Crippen LogP contribution in [0.25, 0.3) is 0 Å². The first kappa shape index (κ1) is 15.5. The standard InChI is InChI=1S/C15H16F3NO2/c16-15(17,18)11-5-6-12(13(7-11)14(19)21)10-3-1-9(8-20)2-4-10/h5-10H,1-4H2,(H2,19,21). The molecule has 0 heterocycles. The summed E-state index contributed by atoms with van der Waals surface area (Å²) in [4.78, 5) is 22.2. The summed E-state index contributed by atoms with van der Waals surface area (Å²) in [6.07, 6.45) is -0.860. The number of primary amides is 1. The molecule has 1 aliphatic carbocycles. The van der Waals surface area contributed by atoms with E-state index in [2.05, 4.69) is 0 Å². The van der Waals surface area contributed by atoms with Gasteiger partial charge in [-0.3, -0.25) is 4.79 Å². The van der Waals surface area contributed by atoms with Crippen LogP contribution in [0.4, 0.5) is 13.2 Å². The number of amides is 1. The molecule has 0 atom stereocenters. The summed E-state index contributed by atoms with van der Waals surface area (Å²) in [5, 5.41) is 0. The lowest BCUT2D eigenvalue weighted by atomic mass is 9.77. The van der Waals surface area contributed by atoms with Gasteiger partial charge in [-0.15, -0.1) is 0 Å². The van der Waals surface area contributed by atoms with Gasteiger partial charge in [-0.25, -0.2) is 0 Å². The van der Waals surface area contributed by atoms with Gasteiger partial charge in [-0.1, -0.05) is 6.07 Å². The predicted molar refractivity (Wildman–Crippen MR) is 70.7 cm³/mol. The largest absolute Gasteiger partial charge is 0.416 e. The fourth-order valence-corrected chi connectivity index (χ4v) is 2.87. The average Bonchev–Trinajstić information content (AvgIpc) is 2.45. The number of halogens is 3. The molecule has 3 nitrogen and oxygen atoms in total. The number of hydrogen-bond donors (Lipinski definition) is 1. The maximum atomic E-state index is 12.7. The van der Waals surface area contributed by atoms with E-state index in [9.17, 15) is 22.8 Å². The minimum atomic E-state index is -4.50. The fourth-order valence-electron chi connectivity index (χ4n) is 2.87. The van der Waals surface area contributed by atoms with Gasteiger partial charge in [0.1, 0.15) is 6.29 Å². The molecule has 6 heteroatoms. The van der Waals surface area contributed by atoms with E-state index in [1.165, 1.54) is 6.07 Å². The Morgan fingerprint density at radius 1 is 1.19 bits per heavy atom. The van der Waals surface area contributed by atoms with E-state index in [4.69, 9.17) is 5.73 Å². The highest BCUT2D eigenvalue weighted by atomic mass is 19.4. The highest BCUT2D eigenvalue weighted by molar-refractivity contribution is 5.94. The molecule has 0 spiro atoms. The Bertz CT molecular complexity index is 546. The van der Waals surface area contributed by atoms with Gasteiger partial charge in [0.2, 0.25) is 5.91 Å². The smallest absolute Gasteiger partial charge is 0.366 e. The third-order valence-corrected chi connectivity index (χ3v) is 4.05. The monoisotopic (exact) mass is 299 g/mol.